The minimum atomic E-state index is -3.33. The van der Waals surface area contributed by atoms with Crippen LogP contribution in [-0.2, 0) is 13.5 Å². The third-order valence-corrected chi connectivity index (χ3v) is 5.26. The first-order chi connectivity index (χ1) is 16.2. The fourth-order valence-electron chi connectivity index (χ4n) is 3.68. The fourth-order valence-corrected chi connectivity index (χ4v) is 3.68. The van der Waals surface area contributed by atoms with Crippen molar-refractivity contribution in [1.29, 1.82) is 0 Å². The largest absolute Gasteiger partial charge is 0.433 e. The number of hydrogen-bond donors (Lipinski definition) is 1. The first-order valence-corrected chi connectivity index (χ1v) is 10.8. The standard InChI is InChI=1S/C25H24F2N4O3/c1-4-6-16-8-13-19-20(15-16)23(32)31(17-9-11-18(12-10-17)34-25(2,26)27)29-22(19)28-21-7-5-14-30(3)24(21)33/h5,7-15H,4,6H2,1-3H3,(H,28,29). The van der Waals surface area contributed by atoms with Gasteiger partial charge >= 0.3 is 6.11 Å². The van der Waals surface area contributed by atoms with Crippen LogP contribution in [0.3, 0.4) is 0 Å². The number of pyridine rings is 1. The molecule has 0 spiro atoms. The van der Waals surface area contributed by atoms with Gasteiger partial charge in [-0.2, -0.15) is 13.5 Å². The summed E-state index contributed by atoms with van der Waals surface area (Å²) in [5.41, 5.74) is 1.05. The van der Waals surface area contributed by atoms with Crippen LogP contribution in [-0.4, -0.2) is 20.5 Å². The number of aryl methyl sites for hydroxylation is 2. The average Bonchev–Trinajstić information content (AvgIpc) is 2.78. The van der Waals surface area contributed by atoms with Crippen molar-refractivity contribution in [3.05, 3.63) is 87.1 Å². The van der Waals surface area contributed by atoms with Crippen LogP contribution in [0.2, 0.25) is 0 Å². The Morgan fingerprint density at radius 3 is 2.44 bits per heavy atom. The fraction of sp³-hybridized carbons (Fsp3) is 0.240. The van der Waals surface area contributed by atoms with Gasteiger partial charge in [0.2, 0.25) is 0 Å². The van der Waals surface area contributed by atoms with Gasteiger partial charge in [0.15, 0.2) is 5.82 Å². The van der Waals surface area contributed by atoms with Crippen LogP contribution in [0, 0.1) is 0 Å². The van der Waals surface area contributed by atoms with E-state index in [1.54, 1.807) is 25.4 Å². The number of nitrogens with one attached hydrogen (secondary N) is 1. The van der Waals surface area contributed by atoms with Crippen molar-refractivity contribution in [2.24, 2.45) is 7.05 Å². The summed E-state index contributed by atoms with van der Waals surface area (Å²) in [6.07, 6.45) is 0.0328. The zero-order chi connectivity index (χ0) is 24.5. The maximum atomic E-state index is 13.4. The van der Waals surface area contributed by atoms with Gasteiger partial charge in [-0.15, -0.1) is 5.10 Å². The molecule has 0 aliphatic rings. The molecular weight excluding hydrogens is 442 g/mol. The second-order valence-corrected chi connectivity index (χ2v) is 8.06. The SMILES string of the molecule is CCCc1ccc2c(Nc3cccn(C)c3=O)nn(-c3ccc(OC(C)(F)F)cc3)c(=O)c2c1. The monoisotopic (exact) mass is 466 g/mol. The molecule has 0 amide bonds. The third-order valence-electron chi connectivity index (χ3n) is 5.26. The second-order valence-electron chi connectivity index (χ2n) is 8.06. The number of ether oxygens (including phenoxy) is 1. The Labute approximate surface area is 194 Å². The number of alkyl halides is 2. The van der Waals surface area contributed by atoms with E-state index < -0.39 is 6.11 Å². The molecule has 9 heteroatoms. The number of nitrogens with zero attached hydrogens (tertiary/aromatic N) is 3. The molecule has 0 bridgehead atoms. The zero-order valence-electron chi connectivity index (χ0n) is 19.0. The quantitative estimate of drug-likeness (QED) is 0.425. The molecule has 2 heterocycles. The number of benzene rings is 2. The maximum absolute atomic E-state index is 13.4. The molecule has 34 heavy (non-hydrogen) atoms. The summed E-state index contributed by atoms with van der Waals surface area (Å²) >= 11 is 0. The Hall–Kier alpha value is -4.01. The van der Waals surface area contributed by atoms with E-state index in [4.69, 9.17) is 0 Å². The van der Waals surface area contributed by atoms with Crippen LogP contribution >= 0.6 is 0 Å². The van der Waals surface area contributed by atoms with E-state index in [9.17, 15) is 18.4 Å². The molecule has 0 atom stereocenters. The normalized spacial score (nSPS) is 11.6. The summed E-state index contributed by atoms with van der Waals surface area (Å²) in [5, 5.41) is 8.53. The Morgan fingerprint density at radius 1 is 1.03 bits per heavy atom. The first-order valence-electron chi connectivity index (χ1n) is 10.8. The summed E-state index contributed by atoms with van der Waals surface area (Å²) in [5.74, 6) is 0.280. The molecule has 4 rings (SSSR count). The van der Waals surface area contributed by atoms with Gasteiger partial charge in [-0.1, -0.05) is 25.5 Å². The number of rotatable bonds is 7. The van der Waals surface area contributed by atoms with Crippen molar-refractivity contribution in [2.45, 2.75) is 32.8 Å². The van der Waals surface area contributed by atoms with Gasteiger partial charge in [-0.25, -0.2) is 0 Å². The van der Waals surface area contributed by atoms with Crippen LogP contribution < -0.4 is 21.2 Å². The first kappa shape index (κ1) is 23.2. The molecule has 176 valence electrons. The zero-order valence-corrected chi connectivity index (χ0v) is 19.0. The van der Waals surface area contributed by atoms with E-state index in [2.05, 4.69) is 22.1 Å². The van der Waals surface area contributed by atoms with Gasteiger partial charge in [-0.05, 0) is 54.4 Å². The minimum Gasteiger partial charge on any atom is -0.433 e. The predicted molar refractivity (Wildman–Crippen MR) is 128 cm³/mol. The number of halogens is 2. The molecule has 0 radical (unpaired) electrons. The Morgan fingerprint density at radius 2 is 1.76 bits per heavy atom. The van der Waals surface area contributed by atoms with Crippen LogP contribution in [0.4, 0.5) is 20.3 Å². The lowest BCUT2D eigenvalue weighted by atomic mass is 10.1. The molecule has 2 aromatic heterocycles. The number of anilines is 2. The van der Waals surface area contributed by atoms with Crippen LogP contribution in [0.1, 0.15) is 25.8 Å². The summed E-state index contributed by atoms with van der Waals surface area (Å²) < 4.78 is 33.5. The highest BCUT2D eigenvalue weighted by molar-refractivity contribution is 5.93. The van der Waals surface area contributed by atoms with Gasteiger partial charge in [0.25, 0.3) is 11.1 Å². The van der Waals surface area contributed by atoms with Gasteiger partial charge in [-0.3, -0.25) is 9.59 Å². The van der Waals surface area contributed by atoms with Gasteiger partial charge in [0.1, 0.15) is 11.4 Å². The summed E-state index contributed by atoms with van der Waals surface area (Å²) in [7, 11) is 1.64. The van der Waals surface area contributed by atoms with Gasteiger partial charge in [0.05, 0.1) is 11.1 Å². The Balaban J connectivity index is 1.87. The predicted octanol–water partition coefficient (Wildman–Crippen LogP) is 4.77. The maximum Gasteiger partial charge on any atom is 0.394 e. The molecule has 0 saturated carbocycles. The Bertz CT molecular complexity index is 1450. The molecule has 0 aliphatic heterocycles. The van der Waals surface area contributed by atoms with Gasteiger partial charge < -0.3 is 14.6 Å². The molecule has 0 unspecified atom stereocenters. The average molecular weight is 466 g/mol. The molecule has 0 fully saturated rings. The Kier molecular flexibility index (Phi) is 6.19. The molecule has 0 aliphatic carbocycles. The van der Waals surface area contributed by atoms with Crippen molar-refractivity contribution in [1.82, 2.24) is 14.3 Å². The molecule has 2 aromatic carbocycles. The number of fused-ring (bicyclic) bond motifs is 1. The third kappa shape index (κ3) is 4.83. The van der Waals surface area contributed by atoms with E-state index in [1.807, 2.05) is 18.2 Å². The summed E-state index contributed by atoms with van der Waals surface area (Å²) in [6, 6.07) is 14.6. The van der Waals surface area contributed by atoms with Crippen molar-refractivity contribution >= 4 is 22.3 Å². The van der Waals surface area contributed by atoms with Crippen molar-refractivity contribution in [3.8, 4) is 11.4 Å². The van der Waals surface area contributed by atoms with E-state index in [1.165, 1.54) is 33.5 Å². The van der Waals surface area contributed by atoms with Crippen LogP contribution in [0.15, 0.2) is 70.4 Å². The molecule has 4 aromatic rings. The van der Waals surface area contributed by atoms with Crippen molar-refractivity contribution in [3.63, 3.8) is 0 Å². The molecule has 7 nitrogen and oxygen atoms in total. The smallest absolute Gasteiger partial charge is 0.394 e. The molecular formula is C25H24F2N4O3. The highest BCUT2D eigenvalue weighted by atomic mass is 19.3. The highest BCUT2D eigenvalue weighted by Gasteiger charge is 2.23. The van der Waals surface area contributed by atoms with E-state index in [0.29, 0.717) is 34.9 Å². The van der Waals surface area contributed by atoms with Gasteiger partial charge in [0, 0.05) is 25.6 Å². The minimum absolute atomic E-state index is 0.0403. The highest BCUT2D eigenvalue weighted by Crippen LogP contribution is 2.25. The number of aromatic nitrogens is 3. The van der Waals surface area contributed by atoms with E-state index in [0.717, 1.165) is 18.4 Å². The van der Waals surface area contributed by atoms with Crippen molar-refractivity contribution in [2.75, 3.05) is 5.32 Å². The van der Waals surface area contributed by atoms with Crippen molar-refractivity contribution < 1.29 is 13.5 Å². The summed E-state index contributed by atoms with van der Waals surface area (Å²) in [4.78, 5) is 25.9. The molecule has 1 N–H and O–H groups in total. The lowest BCUT2D eigenvalue weighted by Crippen LogP contribution is -2.24. The molecule has 0 saturated heterocycles. The second kappa shape index (κ2) is 9.09. The number of hydrogen-bond acceptors (Lipinski definition) is 5. The van der Waals surface area contributed by atoms with E-state index >= 15 is 0 Å². The topological polar surface area (TPSA) is 78.2 Å². The summed E-state index contributed by atoms with van der Waals surface area (Å²) in [6.45, 7) is 2.70. The van der Waals surface area contributed by atoms with Crippen LogP contribution in [0.5, 0.6) is 5.75 Å². The lowest BCUT2D eigenvalue weighted by molar-refractivity contribution is -0.158. The van der Waals surface area contributed by atoms with E-state index in [-0.39, 0.29) is 16.9 Å². The lowest BCUT2D eigenvalue weighted by Gasteiger charge is -2.15. The van der Waals surface area contributed by atoms with Crippen LogP contribution in [0.25, 0.3) is 16.5 Å².